The lowest BCUT2D eigenvalue weighted by Crippen LogP contribution is -2.18. The predicted octanol–water partition coefficient (Wildman–Crippen LogP) is 5.39. The normalized spacial score (nSPS) is 12.0. The molecule has 2 aromatic carbocycles. The number of aromatic nitrogens is 1. The third-order valence-electron chi connectivity index (χ3n) is 4.10. The maximum Gasteiger partial charge on any atom is 0.277 e. The van der Waals surface area contributed by atoms with Gasteiger partial charge in [0.1, 0.15) is 5.76 Å². The highest BCUT2D eigenvalue weighted by atomic mass is 35.5. The van der Waals surface area contributed by atoms with Gasteiger partial charge in [0, 0.05) is 23.7 Å². The molecule has 1 heterocycles. The molecule has 1 aromatic heterocycles. The van der Waals surface area contributed by atoms with Crippen LogP contribution in [0.3, 0.4) is 0 Å². The largest absolute Gasteiger partial charge is 0.361 e. The van der Waals surface area contributed by atoms with E-state index < -0.39 is 0 Å². The van der Waals surface area contributed by atoms with Crippen molar-refractivity contribution in [1.82, 2.24) is 10.5 Å². The molecule has 7 heteroatoms. The minimum Gasteiger partial charge on any atom is -0.361 e. The van der Waals surface area contributed by atoms with Crippen molar-refractivity contribution in [3.8, 4) is 0 Å². The zero-order valence-corrected chi connectivity index (χ0v) is 16.4. The van der Waals surface area contributed by atoms with Crippen LogP contribution in [-0.2, 0) is 6.54 Å². The summed E-state index contributed by atoms with van der Waals surface area (Å²) in [6.45, 7) is 4.40. The van der Waals surface area contributed by atoms with Gasteiger partial charge in [-0.05, 0) is 49.2 Å². The van der Waals surface area contributed by atoms with Gasteiger partial charge in [-0.2, -0.15) is 0 Å². The van der Waals surface area contributed by atoms with Crippen molar-refractivity contribution >= 4 is 34.8 Å². The van der Waals surface area contributed by atoms with Gasteiger partial charge in [-0.15, -0.1) is 0 Å². The van der Waals surface area contributed by atoms with E-state index in [1.807, 2.05) is 36.4 Å². The number of nitrogens with zero attached hydrogens (tertiary/aromatic N) is 1. The van der Waals surface area contributed by atoms with Crippen LogP contribution >= 0.6 is 23.2 Å². The van der Waals surface area contributed by atoms with Gasteiger partial charge in [-0.25, -0.2) is 0 Å². The Kier molecular flexibility index (Phi) is 6.16. The lowest BCUT2D eigenvalue weighted by molar-refractivity contribution is 0.101. The van der Waals surface area contributed by atoms with Crippen LogP contribution in [0.15, 0.2) is 53.1 Å². The van der Waals surface area contributed by atoms with E-state index >= 15 is 0 Å². The summed E-state index contributed by atoms with van der Waals surface area (Å²) < 4.78 is 4.93. The van der Waals surface area contributed by atoms with E-state index in [1.54, 1.807) is 19.1 Å². The fourth-order valence-corrected chi connectivity index (χ4v) is 2.97. The molecule has 0 aliphatic carbocycles. The number of amides is 1. The Bertz CT molecular complexity index is 956. The zero-order valence-electron chi connectivity index (χ0n) is 14.9. The summed E-state index contributed by atoms with van der Waals surface area (Å²) in [4.78, 5) is 12.3. The number of hydrogen-bond acceptors (Lipinski definition) is 4. The van der Waals surface area contributed by atoms with Crippen LogP contribution in [0.5, 0.6) is 0 Å². The first-order valence-electron chi connectivity index (χ1n) is 8.44. The van der Waals surface area contributed by atoms with Crippen LogP contribution in [0.4, 0.5) is 5.69 Å². The van der Waals surface area contributed by atoms with Gasteiger partial charge in [0.25, 0.3) is 5.91 Å². The molecule has 0 aliphatic rings. The van der Waals surface area contributed by atoms with Crippen molar-refractivity contribution in [2.75, 3.05) is 5.32 Å². The first-order valence-corrected chi connectivity index (χ1v) is 9.20. The van der Waals surface area contributed by atoms with E-state index in [2.05, 4.69) is 22.7 Å². The summed E-state index contributed by atoms with van der Waals surface area (Å²) >= 11 is 12.3. The third-order valence-corrected chi connectivity index (χ3v) is 4.67. The zero-order chi connectivity index (χ0) is 19.4. The topological polar surface area (TPSA) is 67.2 Å². The molecule has 1 atom stereocenters. The Hall–Kier alpha value is -2.34. The van der Waals surface area contributed by atoms with E-state index in [0.717, 1.165) is 11.1 Å². The maximum absolute atomic E-state index is 12.3. The first-order chi connectivity index (χ1) is 12.9. The summed E-state index contributed by atoms with van der Waals surface area (Å²) in [5.41, 5.74) is 2.82. The number of aryl methyl sites for hydroxylation is 1. The second kappa shape index (κ2) is 8.57. The van der Waals surface area contributed by atoms with Gasteiger partial charge < -0.3 is 15.2 Å². The monoisotopic (exact) mass is 403 g/mol. The highest BCUT2D eigenvalue weighted by Crippen LogP contribution is 2.24. The minimum absolute atomic E-state index is 0.121. The summed E-state index contributed by atoms with van der Waals surface area (Å²) in [6.07, 6.45) is 0. The molecule has 0 spiro atoms. The molecular formula is C20H19Cl2N3O2. The maximum atomic E-state index is 12.3. The van der Waals surface area contributed by atoms with Gasteiger partial charge in [0.2, 0.25) is 0 Å². The van der Waals surface area contributed by atoms with Crippen molar-refractivity contribution in [2.24, 2.45) is 0 Å². The molecule has 27 heavy (non-hydrogen) atoms. The number of carbonyl (C=O) groups is 1. The van der Waals surface area contributed by atoms with Crippen LogP contribution in [-0.4, -0.2) is 11.1 Å². The summed E-state index contributed by atoms with van der Waals surface area (Å²) in [7, 11) is 0. The molecule has 0 fully saturated rings. The average Bonchev–Trinajstić information content (AvgIpc) is 3.08. The minimum atomic E-state index is -0.369. The Morgan fingerprint density at radius 3 is 2.70 bits per heavy atom. The highest BCUT2D eigenvalue weighted by Gasteiger charge is 2.13. The Balaban J connectivity index is 1.67. The summed E-state index contributed by atoms with van der Waals surface area (Å²) in [5.74, 6) is 0.199. The number of halogens is 2. The molecule has 0 aliphatic heterocycles. The van der Waals surface area contributed by atoms with Gasteiger partial charge >= 0.3 is 0 Å². The molecule has 0 saturated carbocycles. The average molecular weight is 404 g/mol. The number of anilines is 1. The van der Waals surface area contributed by atoms with Crippen molar-refractivity contribution in [3.05, 3.63) is 81.2 Å². The van der Waals surface area contributed by atoms with Crippen LogP contribution in [0.25, 0.3) is 0 Å². The van der Waals surface area contributed by atoms with Gasteiger partial charge in [-0.1, -0.05) is 46.6 Å². The predicted molar refractivity (Wildman–Crippen MR) is 107 cm³/mol. The van der Waals surface area contributed by atoms with Gasteiger partial charge in [0.15, 0.2) is 5.69 Å². The summed E-state index contributed by atoms with van der Waals surface area (Å²) in [6, 6.07) is 14.9. The molecule has 3 aromatic rings. The lowest BCUT2D eigenvalue weighted by atomic mass is 10.1. The summed E-state index contributed by atoms with van der Waals surface area (Å²) in [5, 5.41) is 11.1. The van der Waals surface area contributed by atoms with E-state index in [9.17, 15) is 4.79 Å². The Morgan fingerprint density at radius 2 is 2.00 bits per heavy atom. The molecule has 2 N–H and O–H groups in total. The second-order valence-corrected chi connectivity index (χ2v) is 7.09. The highest BCUT2D eigenvalue weighted by molar-refractivity contribution is 6.34. The first kappa shape index (κ1) is 19.4. The number of benzene rings is 2. The van der Waals surface area contributed by atoms with Crippen LogP contribution in [0.1, 0.15) is 40.3 Å². The van der Waals surface area contributed by atoms with Crippen molar-refractivity contribution < 1.29 is 9.32 Å². The fourth-order valence-electron chi connectivity index (χ4n) is 2.60. The standard InChI is InChI=1S/C20H19Cl2N3O2/c1-12-8-19(25-27-12)20(26)24-18-9-14(6-7-17(18)22)11-23-13(2)15-4-3-5-16(21)10-15/h3-10,13,23H,11H2,1-2H3,(H,24,26). The van der Waals surface area contributed by atoms with E-state index in [1.165, 1.54) is 0 Å². The van der Waals surface area contributed by atoms with Crippen LogP contribution < -0.4 is 10.6 Å². The molecule has 3 rings (SSSR count). The van der Waals surface area contributed by atoms with Crippen molar-refractivity contribution in [3.63, 3.8) is 0 Å². The lowest BCUT2D eigenvalue weighted by Gasteiger charge is -2.15. The van der Waals surface area contributed by atoms with Crippen molar-refractivity contribution in [2.45, 2.75) is 26.4 Å². The Labute approximate surface area is 167 Å². The van der Waals surface area contributed by atoms with Crippen molar-refractivity contribution in [1.29, 1.82) is 0 Å². The SMILES string of the molecule is Cc1cc(C(=O)Nc2cc(CNC(C)c3cccc(Cl)c3)ccc2Cl)no1. The van der Waals surface area contributed by atoms with E-state index in [4.69, 9.17) is 27.7 Å². The van der Waals surface area contributed by atoms with Gasteiger partial charge in [-0.3, -0.25) is 4.79 Å². The Morgan fingerprint density at radius 1 is 1.19 bits per heavy atom. The molecule has 1 unspecified atom stereocenters. The number of carbonyl (C=O) groups excluding carboxylic acids is 1. The molecule has 0 bridgehead atoms. The van der Waals surface area contributed by atoms with Crippen LogP contribution in [0, 0.1) is 6.92 Å². The third kappa shape index (κ3) is 5.10. The quantitative estimate of drug-likeness (QED) is 0.578. The number of rotatable bonds is 6. The molecule has 140 valence electrons. The molecule has 1 amide bonds. The van der Waals surface area contributed by atoms with Crippen LogP contribution in [0.2, 0.25) is 10.0 Å². The molecule has 0 saturated heterocycles. The fraction of sp³-hybridized carbons (Fsp3) is 0.200. The van der Waals surface area contributed by atoms with Gasteiger partial charge in [0.05, 0.1) is 10.7 Å². The smallest absolute Gasteiger partial charge is 0.277 e. The number of nitrogens with one attached hydrogen (secondary N) is 2. The molecule has 0 radical (unpaired) electrons. The number of hydrogen-bond donors (Lipinski definition) is 2. The second-order valence-electron chi connectivity index (χ2n) is 6.25. The molecule has 5 nitrogen and oxygen atoms in total. The van der Waals surface area contributed by atoms with E-state index in [0.29, 0.717) is 28.0 Å². The van der Waals surface area contributed by atoms with E-state index in [-0.39, 0.29) is 17.6 Å². The molecular weight excluding hydrogens is 385 g/mol.